The topological polar surface area (TPSA) is 58.2 Å². The molecule has 0 heterocycles. The summed E-state index contributed by atoms with van der Waals surface area (Å²) in [5, 5.41) is 5.38. The van der Waals surface area contributed by atoms with Gasteiger partial charge in [0, 0.05) is 26.4 Å². The minimum Gasteiger partial charge on any atom is -0.359 e. The molecule has 0 unspecified atom stereocenters. The molecular weight excluding hydrogens is 228 g/mol. The predicted octanol–water partition coefficient (Wildman–Crippen LogP) is 1.26. The summed E-state index contributed by atoms with van der Waals surface area (Å²) in [5.74, 6) is -0.0121. The van der Waals surface area contributed by atoms with E-state index in [-0.39, 0.29) is 11.8 Å². The van der Waals surface area contributed by atoms with Gasteiger partial charge < -0.3 is 10.6 Å². The summed E-state index contributed by atoms with van der Waals surface area (Å²) in [6, 6.07) is 10.0. The highest BCUT2D eigenvalue weighted by Gasteiger charge is 2.03. The van der Waals surface area contributed by atoms with Crippen molar-refractivity contribution in [1.82, 2.24) is 10.6 Å². The van der Waals surface area contributed by atoms with Crippen LogP contribution in [-0.4, -0.2) is 25.4 Å². The van der Waals surface area contributed by atoms with Gasteiger partial charge in [-0.15, -0.1) is 0 Å². The lowest BCUT2D eigenvalue weighted by Crippen LogP contribution is -2.26. The molecule has 0 spiro atoms. The van der Waals surface area contributed by atoms with Gasteiger partial charge in [0.2, 0.25) is 11.8 Å². The van der Waals surface area contributed by atoms with Crippen molar-refractivity contribution in [1.29, 1.82) is 0 Å². The number of hydrogen-bond acceptors (Lipinski definition) is 2. The molecule has 2 N–H and O–H groups in total. The zero-order valence-electron chi connectivity index (χ0n) is 10.7. The van der Waals surface area contributed by atoms with Crippen LogP contribution in [0.5, 0.6) is 0 Å². The SMILES string of the molecule is CNC(=O)CCCC(=O)NCCc1ccccc1. The second-order valence-electron chi connectivity index (χ2n) is 4.11. The smallest absolute Gasteiger partial charge is 0.220 e. The van der Waals surface area contributed by atoms with Crippen LogP contribution in [0.25, 0.3) is 0 Å². The molecule has 1 aromatic rings. The summed E-state index contributed by atoms with van der Waals surface area (Å²) in [7, 11) is 1.60. The summed E-state index contributed by atoms with van der Waals surface area (Å²) in [5.41, 5.74) is 1.21. The molecule has 0 aliphatic carbocycles. The normalized spacial score (nSPS) is 9.83. The molecule has 0 radical (unpaired) electrons. The standard InChI is InChI=1S/C14H20N2O2/c1-15-13(17)8-5-9-14(18)16-11-10-12-6-3-2-4-7-12/h2-4,6-7H,5,8-11H2,1H3,(H,15,17)(H,16,18). The number of carbonyl (C=O) groups is 2. The van der Waals surface area contributed by atoms with Crippen molar-refractivity contribution in [2.75, 3.05) is 13.6 Å². The van der Waals surface area contributed by atoms with E-state index < -0.39 is 0 Å². The Morgan fingerprint density at radius 2 is 1.72 bits per heavy atom. The van der Waals surface area contributed by atoms with Crippen LogP contribution in [-0.2, 0) is 16.0 Å². The Balaban J connectivity index is 2.09. The van der Waals surface area contributed by atoms with Gasteiger partial charge in [0.1, 0.15) is 0 Å². The largest absolute Gasteiger partial charge is 0.359 e. The molecule has 0 fully saturated rings. The lowest BCUT2D eigenvalue weighted by molar-refractivity contribution is -0.122. The van der Waals surface area contributed by atoms with Crippen molar-refractivity contribution in [3.05, 3.63) is 35.9 Å². The second kappa shape index (κ2) is 8.28. The molecule has 4 heteroatoms. The van der Waals surface area contributed by atoms with E-state index >= 15 is 0 Å². The molecule has 0 bridgehead atoms. The molecule has 1 aromatic carbocycles. The van der Waals surface area contributed by atoms with Crippen LogP contribution < -0.4 is 10.6 Å². The summed E-state index contributed by atoms with van der Waals surface area (Å²) < 4.78 is 0. The van der Waals surface area contributed by atoms with Gasteiger partial charge in [-0.1, -0.05) is 30.3 Å². The van der Waals surface area contributed by atoms with Crippen molar-refractivity contribution < 1.29 is 9.59 Å². The van der Waals surface area contributed by atoms with E-state index in [1.165, 1.54) is 5.56 Å². The third-order valence-corrected chi connectivity index (χ3v) is 2.67. The van der Waals surface area contributed by atoms with Crippen LogP contribution in [0, 0.1) is 0 Å². The number of carbonyl (C=O) groups excluding carboxylic acids is 2. The van der Waals surface area contributed by atoms with E-state index in [0.717, 1.165) is 6.42 Å². The van der Waals surface area contributed by atoms with Crippen molar-refractivity contribution in [2.24, 2.45) is 0 Å². The predicted molar refractivity (Wildman–Crippen MR) is 71.1 cm³/mol. The zero-order chi connectivity index (χ0) is 13.2. The quantitative estimate of drug-likeness (QED) is 0.763. The van der Waals surface area contributed by atoms with Gasteiger partial charge in [-0.25, -0.2) is 0 Å². The first-order valence-electron chi connectivity index (χ1n) is 6.23. The average molecular weight is 248 g/mol. The molecule has 0 aliphatic heterocycles. The van der Waals surface area contributed by atoms with Gasteiger partial charge in [-0.05, 0) is 18.4 Å². The molecular formula is C14H20N2O2. The maximum absolute atomic E-state index is 11.5. The highest BCUT2D eigenvalue weighted by Crippen LogP contribution is 1.99. The lowest BCUT2D eigenvalue weighted by atomic mass is 10.1. The van der Waals surface area contributed by atoms with Gasteiger partial charge in [0.05, 0.1) is 0 Å². The first kappa shape index (κ1) is 14.2. The monoisotopic (exact) mass is 248 g/mol. The molecule has 98 valence electrons. The average Bonchev–Trinajstić information content (AvgIpc) is 2.39. The summed E-state index contributed by atoms with van der Waals surface area (Å²) in [4.78, 5) is 22.4. The van der Waals surface area contributed by atoms with E-state index in [1.54, 1.807) is 7.05 Å². The fourth-order valence-corrected chi connectivity index (χ4v) is 1.61. The molecule has 0 aliphatic rings. The Bertz CT molecular complexity index is 377. The van der Waals surface area contributed by atoms with Crippen molar-refractivity contribution in [2.45, 2.75) is 25.7 Å². The zero-order valence-corrected chi connectivity index (χ0v) is 10.7. The van der Waals surface area contributed by atoms with Crippen LogP contribution in [0.15, 0.2) is 30.3 Å². The maximum Gasteiger partial charge on any atom is 0.220 e. The van der Waals surface area contributed by atoms with Crippen LogP contribution in [0.3, 0.4) is 0 Å². The Morgan fingerprint density at radius 1 is 1.06 bits per heavy atom. The second-order valence-corrected chi connectivity index (χ2v) is 4.11. The highest BCUT2D eigenvalue weighted by molar-refractivity contribution is 5.78. The molecule has 0 saturated heterocycles. The Morgan fingerprint density at radius 3 is 2.39 bits per heavy atom. The van der Waals surface area contributed by atoms with E-state index in [9.17, 15) is 9.59 Å². The van der Waals surface area contributed by atoms with Crippen molar-refractivity contribution >= 4 is 11.8 Å². The minimum absolute atomic E-state index is 0.00911. The van der Waals surface area contributed by atoms with Crippen LogP contribution in [0.4, 0.5) is 0 Å². The van der Waals surface area contributed by atoms with Gasteiger partial charge in [-0.2, -0.15) is 0 Å². The molecule has 0 aromatic heterocycles. The van der Waals surface area contributed by atoms with Crippen molar-refractivity contribution in [3.8, 4) is 0 Å². The number of nitrogens with one attached hydrogen (secondary N) is 2. The Hall–Kier alpha value is -1.84. The molecule has 0 atom stereocenters. The van der Waals surface area contributed by atoms with Crippen LogP contribution in [0.1, 0.15) is 24.8 Å². The van der Waals surface area contributed by atoms with E-state index in [2.05, 4.69) is 10.6 Å². The maximum atomic E-state index is 11.5. The fourth-order valence-electron chi connectivity index (χ4n) is 1.61. The van der Waals surface area contributed by atoms with Crippen LogP contribution >= 0.6 is 0 Å². The van der Waals surface area contributed by atoms with E-state index in [4.69, 9.17) is 0 Å². The summed E-state index contributed by atoms with van der Waals surface area (Å²) >= 11 is 0. The third kappa shape index (κ3) is 6.03. The van der Waals surface area contributed by atoms with E-state index in [1.807, 2.05) is 30.3 Å². The number of benzene rings is 1. The number of amides is 2. The summed E-state index contributed by atoms with van der Waals surface area (Å²) in [6.07, 6.45) is 2.24. The molecule has 0 saturated carbocycles. The van der Waals surface area contributed by atoms with E-state index in [0.29, 0.717) is 25.8 Å². The fraction of sp³-hybridized carbons (Fsp3) is 0.429. The first-order valence-corrected chi connectivity index (χ1v) is 6.23. The number of hydrogen-bond donors (Lipinski definition) is 2. The van der Waals surface area contributed by atoms with Crippen molar-refractivity contribution in [3.63, 3.8) is 0 Å². The highest BCUT2D eigenvalue weighted by atomic mass is 16.2. The van der Waals surface area contributed by atoms with Gasteiger partial charge >= 0.3 is 0 Å². The summed E-state index contributed by atoms with van der Waals surface area (Å²) in [6.45, 7) is 0.642. The van der Waals surface area contributed by atoms with Gasteiger partial charge in [-0.3, -0.25) is 9.59 Å². The molecule has 2 amide bonds. The molecule has 18 heavy (non-hydrogen) atoms. The molecule has 4 nitrogen and oxygen atoms in total. The Kier molecular flexibility index (Phi) is 6.54. The molecule has 1 rings (SSSR count). The Labute approximate surface area is 108 Å². The van der Waals surface area contributed by atoms with Gasteiger partial charge in [0.25, 0.3) is 0 Å². The van der Waals surface area contributed by atoms with Gasteiger partial charge in [0.15, 0.2) is 0 Å². The van der Waals surface area contributed by atoms with Crippen LogP contribution in [0.2, 0.25) is 0 Å². The third-order valence-electron chi connectivity index (χ3n) is 2.67. The number of rotatable bonds is 7. The minimum atomic E-state index is -0.0212. The lowest BCUT2D eigenvalue weighted by Gasteiger charge is -2.05. The first-order chi connectivity index (χ1) is 8.72.